The number of hydrogen-bond donors (Lipinski definition) is 1. The molecule has 0 bridgehead atoms. The minimum atomic E-state index is -5.15. The van der Waals surface area contributed by atoms with Crippen molar-refractivity contribution in [2.75, 3.05) is 20.8 Å². The first-order chi connectivity index (χ1) is 21.0. The molecular weight excluding hydrogens is 610 g/mol. The predicted molar refractivity (Wildman–Crippen MR) is 148 cm³/mol. The van der Waals surface area contributed by atoms with Gasteiger partial charge in [0.1, 0.15) is 6.42 Å². The summed E-state index contributed by atoms with van der Waals surface area (Å²) < 4.78 is 91.1. The maximum absolute atomic E-state index is 14.2. The van der Waals surface area contributed by atoms with Crippen LogP contribution in [0.3, 0.4) is 0 Å². The summed E-state index contributed by atoms with van der Waals surface area (Å²) in [5.74, 6) is -5.13. The van der Waals surface area contributed by atoms with Crippen molar-refractivity contribution in [2.45, 2.75) is 75.3 Å². The number of esters is 2. The minimum absolute atomic E-state index is 0.0409. The summed E-state index contributed by atoms with van der Waals surface area (Å²) in [5.41, 5.74) is -4.70. The molecule has 8 nitrogen and oxygen atoms in total. The first kappa shape index (κ1) is 35.5. The number of hydrogen-bond acceptors (Lipinski definition) is 7. The first-order valence-corrected chi connectivity index (χ1v) is 14.1. The lowest BCUT2D eigenvalue weighted by Crippen LogP contribution is -2.57. The van der Waals surface area contributed by atoms with E-state index in [1.165, 1.54) is 7.11 Å². The number of methoxy groups -OCH3 is 2. The van der Waals surface area contributed by atoms with E-state index in [1.54, 1.807) is 30.3 Å². The van der Waals surface area contributed by atoms with E-state index >= 15 is 0 Å². The summed E-state index contributed by atoms with van der Waals surface area (Å²) >= 11 is 0. The Hall–Kier alpha value is -3.94. The van der Waals surface area contributed by atoms with E-state index in [2.05, 4.69) is 14.8 Å². The molecule has 2 aromatic carbocycles. The van der Waals surface area contributed by atoms with Crippen molar-refractivity contribution in [3.8, 4) is 0 Å². The Balaban J connectivity index is 2.10. The van der Waals surface area contributed by atoms with Crippen molar-refractivity contribution in [3.05, 3.63) is 70.8 Å². The van der Waals surface area contributed by atoms with Crippen LogP contribution in [0.4, 0.5) is 26.3 Å². The molecule has 0 saturated heterocycles. The van der Waals surface area contributed by atoms with E-state index < -0.39 is 70.7 Å². The molecule has 45 heavy (non-hydrogen) atoms. The Labute approximate surface area is 256 Å². The zero-order valence-electron chi connectivity index (χ0n) is 24.9. The number of imide groups is 1. The van der Waals surface area contributed by atoms with Gasteiger partial charge >= 0.3 is 24.3 Å². The number of nitrogens with zero attached hydrogens (tertiary/aromatic N) is 1. The molecule has 2 aromatic rings. The van der Waals surface area contributed by atoms with Crippen LogP contribution in [0.2, 0.25) is 0 Å². The third-order valence-electron chi connectivity index (χ3n) is 8.02. The van der Waals surface area contributed by atoms with Crippen LogP contribution in [0.15, 0.2) is 48.5 Å². The quantitative estimate of drug-likeness (QED) is 0.200. The number of ether oxygens (including phenoxy) is 2. The van der Waals surface area contributed by atoms with Crippen molar-refractivity contribution in [1.29, 1.82) is 0 Å². The molecule has 1 saturated carbocycles. The number of benzene rings is 2. The number of alkyl halides is 6. The maximum atomic E-state index is 14.2. The molecule has 1 fully saturated rings. The van der Waals surface area contributed by atoms with Gasteiger partial charge in [-0.25, -0.2) is 0 Å². The summed E-state index contributed by atoms with van der Waals surface area (Å²) in [4.78, 5) is 52.5. The van der Waals surface area contributed by atoms with Crippen molar-refractivity contribution >= 4 is 23.8 Å². The van der Waals surface area contributed by atoms with Crippen LogP contribution < -0.4 is 5.32 Å². The molecule has 1 atom stereocenters. The maximum Gasteiger partial charge on any atom is 0.416 e. The third kappa shape index (κ3) is 8.62. The summed E-state index contributed by atoms with van der Waals surface area (Å²) in [6.07, 6.45) is -10.0. The molecule has 2 amide bonds. The topological polar surface area (TPSA) is 102 Å². The zero-order valence-corrected chi connectivity index (χ0v) is 24.9. The largest absolute Gasteiger partial charge is 0.469 e. The van der Waals surface area contributed by atoms with Crippen LogP contribution in [0, 0.1) is 0 Å². The molecule has 0 radical (unpaired) electrons. The van der Waals surface area contributed by atoms with Crippen LogP contribution in [-0.2, 0) is 46.5 Å². The number of rotatable bonds is 10. The van der Waals surface area contributed by atoms with E-state index in [0.717, 1.165) is 18.9 Å². The average molecular weight is 645 g/mol. The average Bonchev–Trinajstić information content (AvgIpc) is 3.00. The highest BCUT2D eigenvalue weighted by molar-refractivity contribution is 6.05. The van der Waals surface area contributed by atoms with Crippen molar-refractivity contribution in [3.63, 3.8) is 0 Å². The minimum Gasteiger partial charge on any atom is -0.469 e. The normalized spacial score (nSPS) is 19.4. The van der Waals surface area contributed by atoms with Gasteiger partial charge in [-0.2, -0.15) is 26.3 Å². The number of carbonyl (C=O) groups is 4. The predicted octanol–water partition coefficient (Wildman–Crippen LogP) is 5.74. The Bertz CT molecular complexity index is 1340. The highest BCUT2D eigenvalue weighted by atomic mass is 19.4. The fraction of sp³-hybridized carbons (Fsp3) is 0.484. The van der Waals surface area contributed by atoms with Gasteiger partial charge in [0.05, 0.1) is 43.2 Å². The third-order valence-corrected chi connectivity index (χ3v) is 8.02. The second kappa shape index (κ2) is 14.4. The first-order valence-electron chi connectivity index (χ1n) is 14.1. The Morgan fingerprint density at radius 2 is 1.42 bits per heavy atom. The Morgan fingerprint density at radius 3 is 1.91 bits per heavy atom. The molecule has 1 N–H and O–H groups in total. The van der Waals surface area contributed by atoms with E-state index in [1.807, 2.05) is 0 Å². The van der Waals surface area contributed by atoms with Crippen LogP contribution in [-0.4, -0.2) is 55.5 Å². The van der Waals surface area contributed by atoms with Gasteiger partial charge in [0.2, 0.25) is 11.8 Å². The highest BCUT2D eigenvalue weighted by Gasteiger charge is 2.49. The van der Waals surface area contributed by atoms with Gasteiger partial charge in [-0.3, -0.25) is 24.1 Å². The van der Waals surface area contributed by atoms with Gasteiger partial charge in [-0.05, 0) is 61.9 Å². The van der Waals surface area contributed by atoms with Crippen LogP contribution in [0.25, 0.3) is 0 Å². The van der Waals surface area contributed by atoms with Crippen molar-refractivity contribution in [2.24, 2.45) is 0 Å². The second-order valence-electron chi connectivity index (χ2n) is 10.8. The molecular formula is C31H34F6N2O6. The monoisotopic (exact) mass is 644 g/mol. The number of nitrogens with one attached hydrogen (secondary N) is 1. The number of carbonyl (C=O) groups excluding carboxylic acids is 4. The van der Waals surface area contributed by atoms with Gasteiger partial charge < -0.3 is 14.8 Å². The summed E-state index contributed by atoms with van der Waals surface area (Å²) in [5, 5.41) is 3.23. The molecule has 246 valence electrons. The van der Waals surface area contributed by atoms with Gasteiger partial charge in [-0.1, -0.05) is 30.3 Å². The SMILES string of the molecule is COC(=O)CCNC1CCC(c2ccccc2)(N(C(=O)CC(=O)OC)C(=O)C(C)c2cc(C(F)(F)F)cc(C(F)(F)F)c2)CC1. The van der Waals surface area contributed by atoms with E-state index in [9.17, 15) is 45.5 Å². The molecule has 3 rings (SSSR count). The molecule has 1 aliphatic rings. The van der Waals surface area contributed by atoms with Crippen LogP contribution in [0.5, 0.6) is 0 Å². The number of halogens is 6. The van der Waals surface area contributed by atoms with E-state index in [4.69, 9.17) is 0 Å². The zero-order chi connectivity index (χ0) is 33.6. The van der Waals surface area contributed by atoms with Crippen molar-refractivity contribution in [1.82, 2.24) is 10.2 Å². The molecule has 0 aromatic heterocycles. The molecule has 14 heteroatoms. The fourth-order valence-corrected chi connectivity index (χ4v) is 5.58. The summed E-state index contributed by atoms with van der Waals surface area (Å²) in [6.45, 7) is 1.42. The standard InChI is InChI=1S/C31H34F6N2O6/c1-19(20-15-22(30(32,33)34)17-23(16-20)31(35,36)37)28(43)39(25(40)18-27(42)45-3)29(21-7-5-4-6-8-21)12-9-24(10-13-29)38-14-11-26(41)44-2/h4-8,15-17,19,24,38H,9-14,18H2,1-3H3. The molecule has 0 spiro atoms. The Morgan fingerprint density at radius 1 is 0.889 bits per heavy atom. The van der Waals surface area contributed by atoms with Crippen molar-refractivity contribution < 1.29 is 55.0 Å². The lowest BCUT2D eigenvalue weighted by molar-refractivity contribution is -0.160. The number of amides is 2. The molecule has 1 aliphatic carbocycles. The fourth-order valence-electron chi connectivity index (χ4n) is 5.58. The van der Waals surface area contributed by atoms with Crippen LogP contribution in [0.1, 0.15) is 73.6 Å². The highest BCUT2D eigenvalue weighted by Crippen LogP contribution is 2.45. The second-order valence-corrected chi connectivity index (χ2v) is 10.8. The van der Waals surface area contributed by atoms with Crippen LogP contribution >= 0.6 is 0 Å². The lowest BCUT2D eigenvalue weighted by atomic mass is 9.72. The van der Waals surface area contributed by atoms with Gasteiger partial charge in [0.25, 0.3) is 0 Å². The van der Waals surface area contributed by atoms with E-state index in [-0.39, 0.29) is 31.4 Å². The Kier molecular flexibility index (Phi) is 11.4. The van der Waals surface area contributed by atoms with E-state index in [0.29, 0.717) is 37.1 Å². The van der Waals surface area contributed by atoms with Gasteiger partial charge in [0, 0.05) is 12.6 Å². The molecule has 0 heterocycles. The molecule has 1 unspecified atom stereocenters. The smallest absolute Gasteiger partial charge is 0.416 e. The summed E-state index contributed by atoms with van der Waals surface area (Å²) in [6, 6.07) is 9.07. The summed E-state index contributed by atoms with van der Waals surface area (Å²) in [7, 11) is 2.29. The van der Waals surface area contributed by atoms with Gasteiger partial charge in [0.15, 0.2) is 0 Å². The molecule has 0 aliphatic heterocycles. The lowest BCUT2D eigenvalue weighted by Gasteiger charge is -2.48. The van der Waals surface area contributed by atoms with Gasteiger partial charge in [-0.15, -0.1) is 0 Å².